The van der Waals surface area contributed by atoms with Crippen LogP contribution >= 0.6 is 0 Å². The van der Waals surface area contributed by atoms with Crippen LogP contribution in [-0.2, 0) is 108 Å². The zero-order chi connectivity index (χ0) is 89.3. The van der Waals surface area contributed by atoms with E-state index in [-0.39, 0.29) is 43.4 Å². The predicted molar refractivity (Wildman–Crippen MR) is 372 cm³/mol. The first kappa shape index (κ1) is 105. The van der Waals surface area contributed by atoms with Gasteiger partial charge in [-0.2, -0.15) is 26.3 Å². The number of alkyl halides is 14. The number of aliphatic hydroxyl groups excluding tert-OH is 1. The van der Waals surface area contributed by atoms with Gasteiger partial charge in [0.2, 0.25) is 6.10 Å². The molecule has 10 aliphatic carbocycles. The van der Waals surface area contributed by atoms with Gasteiger partial charge in [0.15, 0.2) is 5.92 Å². The average Bonchev–Trinajstić information content (AvgIpc) is 1.58. The van der Waals surface area contributed by atoms with Crippen molar-refractivity contribution in [2.24, 2.45) is 59.2 Å². The summed E-state index contributed by atoms with van der Waals surface area (Å²) in [4.78, 5) is 61.2. The van der Waals surface area contributed by atoms with Crippen molar-refractivity contribution >= 4 is 90.6 Å². The summed E-state index contributed by atoms with van der Waals surface area (Å²) in [5.74, 6) is -32.4. The molecule has 0 spiro atoms. The molecule has 0 amide bonds. The minimum atomic E-state index is -5.19. The van der Waals surface area contributed by atoms with Crippen molar-refractivity contribution in [2.45, 2.75) is 304 Å². The zero-order valence-corrected chi connectivity index (χ0v) is 68.9. The number of carbonyl (C=O) groups is 5. The Morgan fingerprint density at radius 2 is 0.846 bits per heavy atom. The Balaban J connectivity index is 0.000000303. The molecule has 117 heavy (non-hydrogen) atoms. The molecule has 29 nitrogen and oxygen atoms in total. The molecular weight excluding hydrogens is 1740 g/mol. The van der Waals surface area contributed by atoms with E-state index in [0.29, 0.717) is 56.3 Å². The van der Waals surface area contributed by atoms with Gasteiger partial charge in [0.25, 0.3) is 23.7 Å². The first-order valence-electron chi connectivity index (χ1n) is 38.1. The number of halogens is 14. The van der Waals surface area contributed by atoms with Crippen LogP contribution in [0.4, 0.5) is 61.5 Å². The fourth-order valence-electron chi connectivity index (χ4n) is 17.0. The number of rotatable bonds is 28. The lowest BCUT2D eigenvalue weighted by molar-refractivity contribution is -0.218. The molecule has 10 aliphatic rings. The van der Waals surface area contributed by atoms with Crippen molar-refractivity contribution in [2.75, 3.05) is 28.8 Å². The highest BCUT2D eigenvalue weighted by Gasteiger charge is 2.62. The monoisotopic (exact) mass is 1840 g/mol. The molecule has 10 rings (SSSR count). The van der Waals surface area contributed by atoms with E-state index in [2.05, 4.69) is 4.74 Å². The van der Waals surface area contributed by atoms with Gasteiger partial charge in [-0.3, -0.25) is 24.0 Å². The van der Waals surface area contributed by atoms with Gasteiger partial charge >= 0.3 is 42.2 Å². The maximum atomic E-state index is 13.1. The number of fused-ring (bicyclic) bond motifs is 2. The first-order valence-corrected chi connectivity index (χ1v) is 47.4. The number of esters is 5. The Hall–Kier alpha value is -4.21. The van der Waals surface area contributed by atoms with Crippen LogP contribution in [0.15, 0.2) is 0 Å². The minimum absolute atomic E-state index is 0.120. The molecule has 0 aromatic heterocycles. The van der Waals surface area contributed by atoms with E-state index in [1.807, 2.05) is 0 Å². The molecule has 6 bridgehead atoms. The van der Waals surface area contributed by atoms with E-state index in [1.54, 1.807) is 0 Å². The Morgan fingerprint density at radius 3 is 1.20 bits per heavy atom. The smallest absolute Gasteiger partial charge is 0.426 e. The van der Waals surface area contributed by atoms with Crippen LogP contribution in [0.1, 0.15) is 226 Å². The van der Waals surface area contributed by atoms with Crippen LogP contribution in [0.5, 0.6) is 0 Å². The molecule has 1 N–H and O–H groups in total. The van der Waals surface area contributed by atoms with Gasteiger partial charge in [-0.1, -0.05) is 58.3 Å². The summed E-state index contributed by atoms with van der Waals surface area (Å²) in [6, 6.07) is 0. The highest BCUT2D eigenvalue weighted by molar-refractivity contribution is 7.87. The Morgan fingerprint density at radius 1 is 0.453 bits per heavy atom. The number of aliphatic hydroxyl groups is 1. The van der Waals surface area contributed by atoms with E-state index in [1.165, 1.54) is 6.92 Å². The van der Waals surface area contributed by atoms with Crippen LogP contribution in [0.2, 0.25) is 0 Å². The lowest BCUT2D eigenvalue weighted by Crippen LogP contribution is -2.54. The van der Waals surface area contributed by atoms with Gasteiger partial charge in [0.05, 0.1) is 121 Å². The molecule has 49 heteroatoms. The number of hydrogen-bond donors (Lipinski definition) is 1. The molecule has 9 unspecified atom stereocenters. The summed E-state index contributed by atoms with van der Waals surface area (Å²) in [7, 11) is -29.0. The second kappa shape index (κ2) is 42.9. The van der Waals surface area contributed by atoms with Gasteiger partial charge in [0.1, 0.15) is 39.8 Å². The zero-order valence-electron chi connectivity index (χ0n) is 64.0. The van der Waals surface area contributed by atoms with Gasteiger partial charge in [-0.05, 0) is 172 Å². The normalized spacial score (nSPS) is 26.3. The maximum Gasteiger partial charge on any atom is 0.426 e. The fraction of sp³-hybridized carbons (Fsp3) is 0.926. The van der Waals surface area contributed by atoms with E-state index in [9.17, 15) is 163 Å². The second-order valence-corrected chi connectivity index (χ2v) is 41.0. The maximum absolute atomic E-state index is 13.1. The quantitative estimate of drug-likeness (QED) is 0.0329. The van der Waals surface area contributed by atoms with Gasteiger partial charge in [0, 0.05) is 12.8 Å². The third-order valence-corrected chi connectivity index (χ3v) is 26.6. The molecule has 0 saturated heterocycles. The number of carbonyl (C=O) groups excluding carboxylic acids is 5. The molecule has 0 radical (unpaired) electrons. The molecule has 10 saturated carbocycles. The van der Waals surface area contributed by atoms with Crippen molar-refractivity contribution in [3.8, 4) is 0 Å². The lowest BCUT2D eigenvalue weighted by Gasteiger charge is -2.55. The van der Waals surface area contributed by atoms with Crippen molar-refractivity contribution in [3.63, 3.8) is 0 Å². The van der Waals surface area contributed by atoms with E-state index >= 15 is 0 Å². The highest BCUT2D eigenvalue weighted by Crippen LogP contribution is 2.58. The topological polar surface area (TPSA) is 495 Å². The average molecular weight is 1840 g/mol. The lowest BCUT2D eigenvalue weighted by atomic mass is 9.54. The number of hydrogen-bond acceptors (Lipinski definition) is 29. The third kappa shape index (κ3) is 39.9. The molecular formula is C68H100F14O29S6-6. The van der Waals surface area contributed by atoms with Gasteiger partial charge < -0.3 is 56.1 Å². The van der Waals surface area contributed by atoms with Crippen LogP contribution in [-0.4, -0.2) is 219 Å². The van der Waals surface area contributed by atoms with Gasteiger partial charge in [-0.25, -0.2) is 85.6 Å². The molecule has 686 valence electrons. The molecule has 10 fully saturated rings. The van der Waals surface area contributed by atoms with Crippen LogP contribution in [0.25, 0.3) is 0 Å². The van der Waals surface area contributed by atoms with E-state index < -0.39 is 234 Å². The van der Waals surface area contributed by atoms with Crippen LogP contribution in [0.3, 0.4) is 0 Å². The van der Waals surface area contributed by atoms with Crippen molar-refractivity contribution in [1.82, 2.24) is 0 Å². The summed E-state index contributed by atoms with van der Waals surface area (Å²) in [6.07, 6.45) is -0.558. The molecule has 0 heterocycles. The summed E-state index contributed by atoms with van der Waals surface area (Å²) in [5.41, 5.74) is -0.901. The standard InChI is InChI=1S/C21H32O7S.C14H19F3O5S.C10H15F3O5S.C10H18O5S.C9H14F6O4S.C4H8F2O3S/c22-20(27-14-7-3-1-4-8-14)18-13-11-16(17(12-13)29(24,25)26)19(18)21(23)28-15-9-5-2-6-10-15;15-14(16,17)11(7-23(19,20)21)12(18)22-13-4-8-1-9(5-13)3-10(2-8)6-13;11-10(12,13)8(6-19(15,16)17)18-9(14)7-4-2-1-3-5-7;1-8(7-16(12,13)14)15-10(11)9-5-3-2-4-6-9;1-7(10,11)4-9(14,15)5-8(12,13)2-6(16)3-20(17,18)19;1-2-4(5,6)3-10(7,8)9/h13-19H,1-12H2,(H,24,25,26);8-11H,1-7H2,(H,19,20,21);7-8H,1-6H2,(H,15,16,17);8-9H,2-7H2,1H3,(H,12,13,14);6,16H,2-5H2,1H3,(H,17,18,19);2-3H2,1H3,(H,7,8,9)/p-6. The highest BCUT2D eigenvalue weighted by atomic mass is 32.2. The van der Waals surface area contributed by atoms with E-state index in [4.69, 9.17) is 24.1 Å². The van der Waals surface area contributed by atoms with Crippen LogP contribution in [0, 0.1) is 59.2 Å². The minimum Gasteiger partial charge on any atom is -0.748 e. The molecule has 0 aliphatic heterocycles. The van der Waals surface area contributed by atoms with E-state index in [0.717, 1.165) is 142 Å². The number of ether oxygens (including phenoxy) is 5. The predicted octanol–water partition coefficient (Wildman–Crippen LogP) is 10.3. The Kier molecular flexibility index (Phi) is 38.6. The molecule has 0 aromatic rings. The Labute approximate surface area is 670 Å². The summed E-state index contributed by atoms with van der Waals surface area (Å²) >= 11 is 0. The second-order valence-electron chi connectivity index (χ2n) is 32.2. The molecule has 0 aromatic carbocycles. The summed E-state index contributed by atoms with van der Waals surface area (Å²) in [6.45, 7) is 2.68. The van der Waals surface area contributed by atoms with Crippen molar-refractivity contribution in [3.05, 3.63) is 0 Å². The summed E-state index contributed by atoms with van der Waals surface area (Å²) < 4.78 is 393. The fourth-order valence-corrected chi connectivity index (χ4v) is 21.5. The summed E-state index contributed by atoms with van der Waals surface area (Å²) in [5, 5.41) is 7.80. The molecule has 9 atom stereocenters. The van der Waals surface area contributed by atoms with Gasteiger partial charge in [-0.15, -0.1) is 0 Å². The van der Waals surface area contributed by atoms with Crippen LogP contribution < -0.4 is 0 Å². The largest absolute Gasteiger partial charge is 0.748 e. The van der Waals surface area contributed by atoms with Crippen molar-refractivity contribution < 1.29 is 192 Å². The third-order valence-electron chi connectivity index (χ3n) is 21.4. The SMILES string of the molecule is CC(CS(=O)(=O)[O-])OC(=O)C1CCCCC1.CC(F)(F)CC(F)(F)CC(F)(F)CC(O)CS(=O)(=O)[O-].CCC(F)(F)CS(=O)(=O)[O-].O=C(OC(CS(=O)(=O)[O-])C(F)(F)F)C1CCCCC1.O=C(OC12CC3CC(CC(C3)C1)C2)C(CS(=O)(=O)[O-])C(F)(F)F.O=C(OC1CCCCC1)C1C2CC(C1C(=O)OC1CCCCC1)C(S(=O)(=O)[O-])C2. The Bertz CT molecular complexity index is 3920. The van der Waals surface area contributed by atoms with Crippen molar-refractivity contribution in [1.29, 1.82) is 0 Å². The first-order chi connectivity index (χ1) is 53.1.